The SMILES string of the molecule is CC1CCC(O)(CNC(=O)c2cc(O)ccc2N)CC1. The molecular formula is C15H22N2O3. The van der Waals surface area contributed by atoms with Crippen LogP contribution in [0.2, 0.25) is 0 Å². The molecule has 0 spiro atoms. The summed E-state index contributed by atoms with van der Waals surface area (Å²) in [5.74, 6) is 0.257. The van der Waals surface area contributed by atoms with Crippen molar-refractivity contribution in [2.24, 2.45) is 5.92 Å². The van der Waals surface area contributed by atoms with E-state index < -0.39 is 5.60 Å². The maximum Gasteiger partial charge on any atom is 0.253 e. The molecule has 110 valence electrons. The second-order valence-corrected chi connectivity index (χ2v) is 5.86. The summed E-state index contributed by atoms with van der Waals surface area (Å²) >= 11 is 0. The third-order valence-electron chi connectivity index (χ3n) is 4.06. The summed E-state index contributed by atoms with van der Waals surface area (Å²) < 4.78 is 0. The van der Waals surface area contributed by atoms with Gasteiger partial charge in [0, 0.05) is 12.2 Å². The molecule has 0 heterocycles. The summed E-state index contributed by atoms with van der Waals surface area (Å²) in [4.78, 5) is 12.1. The van der Waals surface area contributed by atoms with Crippen LogP contribution in [0, 0.1) is 5.92 Å². The molecule has 5 heteroatoms. The van der Waals surface area contributed by atoms with Gasteiger partial charge in [0.25, 0.3) is 5.91 Å². The van der Waals surface area contributed by atoms with Gasteiger partial charge in [0.2, 0.25) is 0 Å². The number of anilines is 1. The Kier molecular flexibility index (Phi) is 4.18. The lowest BCUT2D eigenvalue weighted by atomic mass is 9.79. The zero-order valence-electron chi connectivity index (χ0n) is 11.7. The van der Waals surface area contributed by atoms with E-state index in [0.29, 0.717) is 24.4 Å². The number of aromatic hydroxyl groups is 1. The molecule has 1 aromatic carbocycles. The summed E-state index contributed by atoms with van der Waals surface area (Å²) in [6.07, 6.45) is 3.34. The fourth-order valence-corrected chi connectivity index (χ4v) is 2.56. The van der Waals surface area contributed by atoms with E-state index in [0.717, 1.165) is 12.8 Å². The lowest BCUT2D eigenvalue weighted by Gasteiger charge is -2.35. The predicted octanol–water partition coefficient (Wildman–Crippen LogP) is 1.65. The topological polar surface area (TPSA) is 95.6 Å². The highest BCUT2D eigenvalue weighted by Gasteiger charge is 2.32. The Labute approximate surface area is 118 Å². The molecule has 1 aromatic rings. The third-order valence-corrected chi connectivity index (χ3v) is 4.06. The van der Waals surface area contributed by atoms with Crippen molar-refractivity contribution in [2.75, 3.05) is 12.3 Å². The summed E-state index contributed by atoms with van der Waals surface area (Å²) in [5, 5.41) is 22.5. The predicted molar refractivity (Wildman–Crippen MR) is 77.4 cm³/mol. The van der Waals surface area contributed by atoms with E-state index >= 15 is 0 Å². The van der Waals surface area contributed by atoms with Crippen molar-refractivity contribution in [2.45, 2.75) is 38.2 Å². The molecule has 0 aliphatic heterocycles. The number of benzene rings is 1. The first-order chi connectivity index (χ1) is 9.39. The number of nitrogens with two attached hydrogens (primary N) is 1. The Morgan fingerprint density at radius 3 is 2.75 bits per heavy atom. The van der Waals surface area contributed by atoms with Gasteiger partial charge < -0.3 is 21.3 Å². The average molecular weight is 278 g/mol. The van der Waals surface area contributed by atoms with Gasteiger partial charge >= 0.3 is 0 Å². The highest BCUT2D eigenvalue weighted by Crippen LogP contribution is 2.31. The molecule has 0 saturated heterocycles. The minimum atomic E-state index is -0.826. The van der Waals surface area contributed by atoms with Crippen molar-refractivity contribution in [3.05, 3.63) is 23.8 Å². The number of nitrogen functional groups attached to an aromatic ring is 1. The molecule has 0 bridgehead atoms. The Balaban J connectivity index is 1.97. The summed E-state index contributed by atoms with van der Waals surface area (Å²) in [6.45, 7) is 2.39. The number of phenolic OH excluding ortho intramolecular Hbond substituents is 1. The van der Waals surface area contributed by atoms with E-state index in [9.17, 15) is 15.0 Å². The van der Waals surface area contributed by atoms with Gasteiger partial charge in [0.15, 0.2) is 0 Å². The van der Waals surface area contributed by atoms with Crippen LogP contribution in [0.4, 0.5) is 5.69 Å². The minimum Gasteiger partial charge on any atom is -0.508 e. The number of phenols is 1. The fraction of sp³-hybridized carbons (Fsp3) is 0.533. The highest BCUT2D eigenvalue weighted by atomic mass is 16.3. The molecule has 1 aliphatic rings. The number of nitrogens with one attached hydrogen (secondary N) is 1. The third kappa shape index (κ3) is 3.42. The van der Waals surface area contributed by atoms with Gasteiger partial charge in [-0.15, -0.1) is 0 Å². The fourth-order valence-electron chi connectivity index (χ4n) is 2.56. The Bertz CT molecular complexity index is 494. The van der Waals surface area contributed by atoms with Crippen LogP contribution in [0.1, 0.15) is 43.0 Å². The first-order valence-corrected chi connectivity index (χ1v) is 6.99. The number of aliphatic hydroxyl groups is 1. The van der Waals surface area contributed by atoms with Crippen LogP contribution >= 0.6 is 0 Å². The molecule has 0 radical (unpaired) electrons. The first kappa shape index (κ1) is 14.7. The van der Waals surface area contributed by atoms with Crippen molar-refractivity contribution in [3.63, 3.8) is 0 Å². The first-order valence-electron chi connectivity index (χ1n) is 6.99. The zero-order valence-corrected chi connectivity index (χ0v) is 11.7. The molecular weight excluding hydrogens is 256 g/mol. The van der Waals surface area contributed by atoms with Crippen molar-refractivity contribution in [3.8, 4) is 5.75 Å². The van der Waals surface area contributed by atoms with Gasteiger partial charge in [-0.2, -0.15) is 0 Å². The van der Waals surface area contributed by atoms with Crippen molar-refractivity contribution >= 4 is 11.6 Å². The molecule has 0 aromatic heterocycles. The van der Waals surface area contributed by atoms with Crippen LogP contribution in [0.25, 0.3) is 0 Å². The van der Waals surface area contributed by atoms with Gasteiger partial charge in [-0.3, -0.25) is 4.79 Å². The normalized spacial score (nSPS) is 26.2. The van der Waals surface area contributed by atoms with Crippen LogP contribution in [0.3, 0.4) is 0 Å². The molecule has 1 fully saturated rings. The average Bonchev–Trinajstić information content (AvgIpc) is 2.43. The van der Waals surface area contributed by atoms with Crippen LogP contribution in [0.5, 0.6) is 5.75 Å². The van der Waals surface area contributed by atoms with Crippen LogP contribution < -0.4 is 11.1 Å². The van der Waals surface area contributed by atoms with E-state index in [2.05, 4.69) is 12.2 Å². The standard InChI is InChI=1S/C15H22N2O3/c1-10-4-6-15(20,7-5-10)9-17-14(19)12-8-11(18)2-3-13(12)16/h2-3,8,10,18,20H,4-7,9,16H2,1H3,(H,17,19). The molecule has 1 saturated carbocycles. The lowest BCUT2D eigenvalue weighted by molar-refractivity contribution is -0.00539. The molecule has 2 rings (SSSR count). The molecule has 5 nitrogen and oxygen atoms in total. The minimum absolute atomic E-state index is 0.00504. The number of carbonyl (C=O) groups is 1. The molecule has 5 N–H and O–H groups in total. The number of amides is 1. The summed E-state index contributed by atoms with van der Waals surface area (Å²) in [7, 11) is 0. The van der Waals surface area contributed by atoms with Gasteiger partial charge in [-0.05, 0) is 49.8 Å². The van der Waals surface area contributed by atoms with Crippen LogP contribution in [-0.4, -0.2) is 28.3 Å². The summed E-state index contributed by atoms with van der Waals surface area (Å²) in [6, 6.07) is 4.25. The number of hydrogen-bond donors (Lipinski definition) is 4. The highest BCUT2D eigenvalue weighted by molar-refractivity contribution is 5.99. The van der Waals surface area contributed by atoms with E-state index in [1.54, 1.807) is 0 Å². The van der Waals surface area contributed by atoms with Gasteiger partial charge in [-0.25, -0.2) is 0 Å². The molecule has 0 unspecified atom stereocenters. The van der Waals surface area contributed by atoms with Gasteiger partial charge in [0.1, 0.15) is 5.75 Å². The maximum absolute atomic E-state index is 12.1. The second-order valence-electron chi connectivity index (χ2n) is 5.86. The van der Waals surface area contributed by atoms with Gasteiger partial charge in [-0.1, -0.05) is 6.92 Å². The number of carbonyl (C=O) groups excluding carboxylic acids is 1. The van der Waals surface area contributed by atoms with E-state index in [4.69, 9.17) is 5.73 Å². The van der Waals surface area contributed by atoms with E-state index in [1.165, 1.54) is 18.2 Å². The van der Waals surface area contributed by atoms with Crippen molar-refractivity contribution in [1.29, 1.82) is 0 Å². The second kappa shape index (κ2) is 5.71. The van der Waals surface area contributed by atoms with Crippen LogP contribution in [0.15, 0.2) is 18.2 Å². The Hall–Kier alpha value is -1.75. The maximum atomic E-state index is 12.1. The smallest absolute Gasteiger partial charge is 0.253 e. The van der Waals surface area contributed by atoms with Crippen LogP contribution in [-0.2, 0) is 0 Å². The summed E-state index contributed by atoms with van der Waals surface area (Å²) in [5.41, 5.74) is 5.43. The monoisotopic (exact) mass is 278 g/mol. The lowest BCUT2D eigenvalue weighted by Crippen LogP contribution is -2.45. The van der Waals surface area contributed by atoms with E-state index in [-0.39, 0.29) is 23.8 Å². The van der Waals surface area contributed by atoms with E-state index in [1.807, 2.05) is 0 Å². The van der Waals surface area contributed by atoms with Crippen molar-refractivity contribution < 1.29 is 15.0 Å². The van der Waals surface area contributed by atoms with Crippen molar-refractivity contribution in [1.82, 2.24) is 5.32 Å². The molecule has 1 aliphatic carbocycles. The van der Waals surface area contributed by atoms with Gasteiger partial charge in [0.05, 0.1) is 11.2 Å². The Morgan fingerprint density at radius 2 is 2.10 bits per heavy atom. The number of hydrogen-bond acceptors (Lipinski definition) is 4. The largest absolute Gasteiger partial charge is 0.508 e. The molecule has 1 amide bonds. The molecule has 20 heavy (non-hydrogen) atoms. The molecule has 0 atom stereocenters. The zero-order chi connectivity index (χ0) is 14.8. The number of rotatable bonds is 3. The quantitative estimate of drug-likeness (QED) is 0.499. The Morgan fingerprint density at radius 1 is 1.45 bits per heavy atom.